The van der Waals surface area contributed by atoms with E-state index in [2.05, 4.69) is 19.9 Å². The number of nitrogens with one attached hydrogen (secondary N) is 1. The molecule has 3 heterocycles. The van der Waals surface area contributed by atoms with Gasteiger partial charge in [0.05, 0.1) is 5.02 Å². The van der Waals surface area contributed by atoms with E-state index in [9.17, 15) is 4.39 Å². The van der Waals surface area contributed by atoms with E-state index in [-0.39, 0.29) is 5.82 Å². The molecule has 3 aromatic heterocycles. The van der Waals surface area contributed by atoms with Crippen LogP contribution in [0.5, 0.6) is 0 Å². The molecule has 0 saturated heterocycles. The average molecular weight is 353 g/mol. The summed E-state index contributed by atoms with van der Waals surface area (Å²) in [7, 11) is 0. The summed E-state index contributed by atoms with van der Waals surface area (Å²) in [6, 6.07) is 8.56. The third kappa shape index (κ3) is 3.37. The van der Waals surface area contributed by atoms with Gasteiger partial charge < -0.3 is 4.98 Å². The molecule has 25 heavy (non-hydrogen) atoms. The van der Waals surface area contributed by atoms with Crippen LogP contribution in [0, 0.1) is 5.82 Å². The number of aromatic nitrogens is 4. The number of halogens is 2. The number of pyridine rings is 1. The zero-order chi connectivity index (χ0) is 17.2. The van der Waals surface area contributed by atoms with Crippen molar-refractivity contribution in [2.75, 3.05) is 0 Å². The van der Waals surface area contributed by atoms with Crippen LogP contribution in [-0.4, -0.2) is 19.9 Å². The van der Waals surface area contributed by atoms with Crippen LogP contribution in [0.4, 0.5) is 4.39 Å². The smallest absolute Gasteiger partial charge is 0.137 e. The normalized spacial score (nSPS) is 11.1. The van der Waals surface area contributed by atoms with Crippen LogP contribution in [0.3, 0.4) is 0 Å². The first kappa shape index (κ1) is 15.7. The fraction of sp³-hybridized carbons (Fsp3) is 0.105. The van der Waals surface area contributed by atoms with Gasteiger partial charge in [-0.2, -0.15) is 0 Å². The molecule has 0 aliphatic rings. The number of benzene rings is 1. The van der Waals surface area contributed by atoms with Crippen molar-refractivity contribution < 1.29 is 4.39 Å². The minimum atomic E-state index is -0.238. The van der Waals surface area contributed by atoms with Crippen LogP contribution >= 0.6 is 11.6 Å². The summed E-state index contributed by atoms with van der Waals surface area (Å²) >= 11 is 6.03. The SMILES string of the molecule is Fc1ccccc1Cc1ncc(Cc2c[nH]c3ncc(Cl)cc23)cn1. The Morgan fingerprint density at radius 1 is 0.960 bits per heavy atom. The Morgan fingerprint density at radius 2 is 1.76 bits per heavy atom. The van der Waals surface area contributed by atoms with Gasteiger partial charge >= 0.3 is 0 Å². The molecular weight excluding hydrogens is 339 g/mol. The number of rotatable bonds is 4. The minimum absolute atomic E-state index is 0.238. The first-order valence-electron chi connectivity index (χ1n) is 7.84. The molecule has 0 aliphatic carbocycles. The second kappa shape index (κ2) is 6.61. The Hall–Kier alpha value is -2.79. The zero-order valence-electron chi connectivity index (χ0n) is 13.2. The average Bonchev–Trinajstić information content (AvgIpc) is 3.01. The van der Waals surface area contributed by atoms with E-state index in [1.807, 2.05) is 18.3 Å². The first-order chi connectivity index (χ1) is 12.2. The van der Waals surface area contributed by atoms with E-state index >= 15 is 0 Å². The lowest BCUT2D eigenvalue weighted by Crippen LogP contribution is -2.00. The summed E-state index contributed by atoms with van der Waals surface area (Å²) in [5.41, 5.74) is 3.44. The lowest BCUT2D eigenvalue weighted by molar-refractivity contribution is 0.612. The summed E-state index contributed by atoms with van der Waals surface area (Å²) in [5, 5.41) is 1.59. The van der Waals surface area contributed by atoms with Gasteiger partial charge in [-0.15, -0.1) is 0 Å². The van der Waals surface area contributed by atoms with E-state index < -0.39 is 0 Å². The van der Waals surface area contributed by atoms with Crippen molar-refractivity contribution in [2.24, 2.45) is 0 Å². The molecule has 4 nitrogen and oxygen atoms in total. The third-order valence-corrected chi connectivity index (χ3v) is 4.25. The maximum atomic E-state index is 13.7. The number of aromatic amines is 1. The van der Waals surface area contributed by atoms with Crippen molar-refractivity contribution in [2.45, 2.75) is 12.8 Å². The van der Waals surface area contributed by atoms with Crippen LogP contribution in [-0.2, 0) is 12.8 Å². The third-order valence-electron chi connectivity index (χ3n) is 4.04. The predicted molar refractivity (Wildman–Crippen MR) is 95.1 cm³/mol. The molecule has 124 valence electrons. The van der Waals surface area contributed by atoms with Crippen LogP contribution < -0.4 is 0 Å². The Balaban J connectivity index is 1.54. The Bertz CT molecular complexity index is 1030. The summed E-state index contributed by atoms with van der Waals surface area (Å²) < 4.78 is 13.7. The highest BCUT2D eigenvalue weighted by Crippen LogP contribution is 2.22. The summed E-state index contributed by atoms with van der Waals surface area (Å²) in [6.45, 7) is 0. The highest BCUT2D eigenvalue weighted by molar-refractivity contribution is 6.31. The molecule has 0 aliphatic heterocycles. The van der Waals surface area contributed by atoms with Gasteiger partial charge in [0.2, 0.25) is 0 Å². The van der Waals surface area contributed by atoms with Gasteiger partial charge in [0.15, 0.2) is 0 Å². The molecule has 0 saturated carbocycles. The number of hydrogen-bond donors (Lipinski definition) is 1. The Labute approximate surface area is 148 Å². The molecule has 0 atom stereocenters. The van der Waals surface area contributed by atoms with Crippen molar-refractivity contribution in [1.29, 1.82) is 0 Å². The van der Waals surface area contributed by atoms with Gasteiger partial charge in [0.1, 0.15) is 17.3 Å². The van der Waals surface area contributed by atoms with Crippen LogP contribution in [0.15, 0.2) is 55.1 Å². The predicted octanol–water partition coefficient (Wildman–Crippen LogP) is 4.33. The van der Waals surface area contributed by atoms with Crippen LogP contribution in [0.2, 0.25) is 5.02 Å². The van der Waals surface area contributed by atoms with Gasteiger partial charge in [-0.05, 0) is 28.8 Å². The molecule has 0 radical (unpaired) electrons. The summed E-state index contributed by atoms with van der Waals surface area (Å²) in [5.74, 6) is 0.357. The summed E-state index contributed by atoms with van der Waals surface area (Å²) in [4.78, 5) is 16.1. The Morgan fingerprint density at radius 3 is 2.56 bits per heavy atom. The quantitative estimate of drug-likeness (QED) is 0.595. The van der Waals surface area contributed by atoms with Crippen molar-refractivity contribution >= 4 is 22.6 Å². The first-order valence-corrected chi connectivity index (χ1v) is 8.21. The molecule has 0 amide bonds. The molecule has 0 spiro atoms. The summed E-state index contributed by atoms with van der Waals surface area (Å²) in [6.07, 6.45) is 8.13. The van der Waals surface area contributed by atoms with Crippen LogP contribution in [0.25, 0.3) is 11.0 Å². The number of H-pyrrole nitrogens is 1. The number of nitrogens with zero attached hydrogens (tertiary/aromatic N) is 3. The van der Waals surface area contributed by atoms with E-state index in [1.165, 1.54) is 6.07 Å². The molecule has 6 heteroatoms. The Kier molecular flexibility index (Phi) is 4.15. The zero-order valence-corrected chi connectivity index (χ0v) is 14.0. The fourth-order valence-corrected chi connectivity index (χ4v) is 2.93. The maximum Gasteiger partial charge on any atom is 0.137 e. The van der Waals surface area contributed by atoms with Crippen molar-refractivity contribution in [3.05, 3.63) is 88.5 Å². The topological polar surface area (TPSA) is 54.5 Å². The van der Waals surface area contributed by atoms with Crippen molar-refractivity contribution in [1.82, 2.24) is 19.9 Å². The fourth-order valence-electron chi connectivity index (χ4n) is 2.77. The van der Waals surface area contributed by atoms with Gasteiger partial charge in [0.25, 0.3) is 0 Å². The number of hydrogen-bond acceptors (Lipinski definition) is 3. The molecule has 1 N–H and O–H groups in total. The van der Waals surface area contributed by atoms with Gasteiger partial charge in [-0.3, -0.25) is 0 Å². The second-order valence-corrected chi connectivity index (χ2v) is 6.25. The molecule has 4 rings (SSSR count). The molecule has 1 aromatic carbocycles. The second-order valence-electron chi connectivity index (χ2n) is 5.82. The lowest BCUT2D eigenvalue weighted by Gasteiger charge is -2.04. The van der Waals surface area contributed by atoms with Crippen LogP contribution in [0.1, 0.15) is 22.5 Å². The van der Waals surface area contributed by atoms with Crippen molar-refractivity contribution in [3.63, 3.8) is 0 Å². The highest BCUT2D eigenvalue weighted by atomic mass is 35.5. The largest absolute Gasteiger partial charge is 0.346 e. The molecule has 0 unspecified atom stereocenters. The van der Waals surface area contributed by atoms with E-state index in [1.54, 1.807) is 30.7 Å². The van der Waals surface area contributed by atoms with E-state index in [0.29, 0.717) is 29.3 Å². The van der Waals surface area contributed by atoms with Crippen molar-refractivity contribution in [3.8, 4) is 0 Å². The van der Waals surface area contributed by atoms with Gasteiger partial charge in [-0.25, -0.2) is 19.3 Å². The molecule has 0 bridgehead atoms. The van der Waals surface area contributed by atoms with Gasteiger partial charge in [-0.1, -0.05) is 29.8 Å². The van der Waals surface area contributed by atoms with Gasteiger partial charge in [0, 0.05) is 43.0 Å². The minimum Gasteiger partial charge on any atom is -0.346 e. The molecule has 0 fully saturated rings. The number of fused-ring (bicyclic) bond motifs is 1. The lowest BCUT2D eigenvalue weighted by atomic mass is 10.1. The highest BCUT2D eigenvalue weighted by Gasteiger charge is 2.08. The monoisotopic (exact) mass is 352 g/mol. The van der Waals surface area contributed by atoms with E-state index in [4.69, 9.17) is 11.6 Å². The standard InChI is InChI=1S/C19H14ClFN4/c20-15-7-16-14(10-24-19(16)25-11-15)5-12-8-22-18(23-9-12)6-13-3-1-2-4-17(13)21/h1-4,7-11H,5-6H2,(H,24,25). The molecular formula is C19H14ClFN4. The van der Waals surface area contributed by atoms with E-state index in [0.717, 1.165) is 22.2 Å². The molecule has 4 aromatic rings. The maximum absolute atomic E-state index is 13.7.